The van der Waals surface area contributed by atoms with Gasteiger partial charge in [0.2, 0.25) is 5.13 Å². The Hall–Kier alpha value is -1.20. The molecule has 0 saturated heterocycles. The molecular weight excluding hydrogens is 249 g/mol. The third kappa shape index (κ3) is 2.48. The van der Waals surface area contributed by atoms with Gasteiger partial charge in [-0.3, -0.25) is 0 Å². The summed E-state index contributed by atoms with van der Waals surface area (Å²) in [6.07, 6.45) is 1.50. The Balaban J connectivity index is 2.12. The Bertz CT molecular complexity index is 475. The highest BCUT2D eigenvalue weighted by atomic mass is 35.5. The number of aromatic nitrogens is 2. The Kier molecular flexibility index (Phi) is 3.36. The van der Waals surface area contributed by atoms with E-state index in [4.69, 9.17) is 11.6 Å². The molecule has 0 aliphatic heterocycles. The monoisotopic (exact) mass is 257 g/mol. The van der Waals surface area contributed by atoms with Crippen LogP contribution in [0.15, 0.2) is 24.5 Å². The van der Waals surface area contributed by atoms with E-state index in [9.17, 15) is 4.39 Å². The standard InChI is InChI=1S/C10H9ClFN3S/c1-15(10-13-6-14-16-10)5-7-2-3-8(11)9(12)4-7/h2-4,6H,5H2,1H3. The molecule has 0 aliphatic rings. The number of rotatable bonds is 3. The molecule has 6 heteroatoms. The van der Waals surface area contributed by atoms with Crippen LogP contribution in [0.5, 0.6) is 0 Å². The minimum Gasteiger partial charge on any atom is -0.346 e. The van der Waals surface area contributed by atoms with Gasteiger partial charge in [-0.1, -0.05) is 17.7 Å². The van der Waals surface area contributed by atoms with Crippen LogP contribution in [0.3, 0.4) is 0 Å². The largest absolute Gasteiger partial charge is 0.346 e. The van der Waals surface area contributed by atoms with E-state index in [1.54, 1.807) is 12.1 Å². The van der Waals surface area contributed by atoms with Crippen LogP contribution in [0, 0.1) is 5.82 Å². The van der Waals surface area contributed by atoms with E-state index in [1.165, 1.54) is 23.9 Å². The van der Waals surface area contributed by atoms with Crippen molar-refractivity contribution in [1.29, 1.82) is 0 Å². The molecule has 0 aliphatic carbocycles. The summed E-state index contributed by atoms with van der Waals surface area (Å²) in [5.74, 6) is -0.398. The van der Waals surface area contributed by atoms with Crippen LogP contribution in [0.1, 0.15) is 5.56 Å². The van der Waals surface area contributed by atoms with Crippen molar-refractivity contribution in [2.75, 3.05) is 11.9 Å². The molecule has 1 aromatic carbocycles. The predicted molar refractivity (Wildman–Crippen MR) is 63.4 cm³/mol. The van der Waals surface area contributed by atoms with Gasteiger partial charge in [-0.2, -0.15) is 4.37 Å². The molecule has 1 aromatic heterocycles. The van der Waals surface area contributed by atoms with Gasteiger partial charge in [0.1, 0.15) is 12.1 Å². The summed E-state index contributed by atoms with van der Waals surface area (Å²) in [6.45, 7) is 0.573. The Labute approximate surface area is 102 Å². The first-order valence-corrected chi connectivity index (χ1v) is 5.73. The minimum absolute atomic E-state index is 0.141. The maximum Gasteiger partial charge on any atom is 0.204 e. The van der Waals surface area contributed by atoms with Gasteiger partial charge in [-0.05, 0) is 17.7 Å². The van der Waals surface area contributed by atoms with Gasteiger partial charge in [0, 0.05) is 25.1 Å². The van der Waals surface area contributed by atoms with Crippen molar-refractivity contribution in [3.63, 3.8) is 0 Å². The zero-order valence-electron chi connectivity index (χ0n) is 8.52. The minimum atomic E-state index is -0.398. The third-order valence-corrected chi connectivity index (χ3v) is 3.17. The van der Waals surface area contributed by atoms with E-state index in [1.807, 2.05) is 11.9 Å². The first-order chi connectivity index (χ1) is 7.66. The van der Waals surface area contributed by atoms with Gasteiger partial charge in [-0.25, -0.2) is 9.37 Å². The van der Waals surface area contributed by atoms with Crippen molar-refractivity contribution in [1.82, 2.24) is 9.36 Å². The van der Waals surface area contributed by atoms with Crippen molar-refractivity contribution < 1.29 is 4.39 Å². The van der Waals surface area contributed by atoms with E-state index >= 15 is 0 Å². The highest BCUT2D eigenvalue weighted by Gasteiger charge is 2.07. The topological polar surface area (TPSA) is 29.0 Å². The van der Waals surface area contributed by atoms with E-state index in [-0.39, 0.29) is 5.02 Å². The molecule has 0 unspecified atom stereocenters. The number of benzene rings is 1. The first-order valence-electron chi connectivity index (χ1n) is 4.58. The Morgan fingerprint density at radius 2 is 2.31 bits per heavy atom. The Morgan fingerprint density at radius 3 is 2.94 bits per heavy atom. The molecule has 16 heavy (non-hydrogen) atoms. The summed E-state index contributed by atoms with van der Waals surface area (Å²) in [4.78, 5) is 5.97. The summed E-state index contributed by atoms with van der Waals surface area (Å²) in [7, 11) is 1.88. The second-order valence-corrected chi connectivity index (χ2v) is 4.49. The molecule has 0 atom stereocenters. The lowest BCUT2D eigenvalue weighted by Gasteiger charge is -2.15. The molecule has 2 aromatic rings. The SMILES string of the molecule is CN(Cc1ccc(Cl)c(F)c1)c1ncns1. The fraction of sp³-hybridized carbons (Fsp3) is 0.200. The molecular formula is C10H9ClFN3S. The van der Waals surface area contributed by atoms with Crippen LogP contribution in [-0.2, 0) is 6.54 Å². The normalized spacial score (nSPS) is 10.4. The Morgan fingerprint density at radius 1 is 1.50 bits per heavy atom. The summed E-state index contributed by atoms with van der Waals surface area (Å²) in [6, 6.07) is 4.78. The zero-order chi connectivity index (χ0) is 11.5. The number of hydrogen-bond donors (Lipinski definition) is 0. The van der Waals surface area contributed by atoms with E-state index in [0.717, 1.165) is 10.7 Å². The van der Waals surface area contributed by atoms with Crippen molar-refractivity contribution in [2.45, 2.75) is 6.54 Å². The molecule has 0 amide bonds. The maximum absolute atomic E-state index is 13.2. The number of halogens is 2. The van der Waals surface area contributed by atoms with Gasteiger partial charge >= 0.3 is 0 Å². The second kappa shape index (κ2) is 4.76. The molecule has 0 fully saturated rings. The smallest absolute Gasteiger partial charge is 0.204 e. The van der Waals surface area contributed by atoms with Crippen molar-refractivity contribution >= 4 is 28.3 Å². The summed E-state index contributed by atoms with van der Waals surface area (Å²) < 4.78 is 17.1. The maximum atomic E-state index is 13.2. The van der Waals surface area contributed by atoms with Crippen molar-refractivity contribution in [2.24, 2.45) is 0 Å². The van der Waals surface area contributed by atoms with Crippen LogP contribution in [-0.4, -0.2) is 16.4 Å². The molecule has 1 heterocycles. The van der Waals surface area contributed by atoms with Crippen molar-refractivity contribution in [3.8, 4) is 0 Å². The molecule has 0 bridgehead atoms. The lowest BCUT2D eigenvalue weighted by atomic mass is 10.2. The second-order valence-electron chi connectivity index (χ2n) is 3.33. The molecule has 0 N–H and O–H groups in total. The van der Waals surface area contributed by atoms with Gasteiger partial charge in [0.05, 0.1) is 5.02 Å². The summed E-state index contributed by atoms with van der Waals surface area (Å²) >= 11 is 6.91. The lowest BCUT2D eigenvalue weighted by molar-refractivity contribution is 0.625. The molecule has 84 valence electrons. The highest BCUT2D eigenvalue weighted by Crippen LogP contribution is 2.19. The molecule has 0 radical (unpaired) electrons. The van der Waals surface area contributed by atoms with E-state index < -0.39 is 5.82 Å². The van der Waals surface area contributed by atoms with Crippen LogP contribution >= 0.6 is 23.1 Å². The predicted octanol–water partition coefficient (Wildman–Crippen LogP) is 2.97. The van der Waals surface area contributed by atoms with Crippen LogP contribution in [0.25, 0.3) is 0 Å². The lowest BCUT2D eigenvalue weighted by Crippen LogP contribution is -2.16. The van der Waals surface area contributed by atoms with Crippen LogP contribution < -0.4 is 4.90 Å². The summed E-state index contributed by atoms with van der Waals surface area (Å²) in [5.41, 5.74) is 0.847. The van der Waals surface area contributed by atoms with Gasteiger partial charge in [0.15, 0.2) is 0 Å². The van der Waals surface area contributed by atoms with Crippen LogP contribution in [0.2, 0.25) is 5.02 Å². The fourth-order valence-corrected chi connectivity index (χ4v) is 1.92. The number of anilines is 1. The highest BCUT2D eigenvalue weighted by molar-refractivity contribution is 7.09. The third-order valence-electron chi connectivity index (χ3n) is 2.08. The van der Waals surface area contributed by atoms with Crippen molar-refractivity contribution in [3.05, 3.63) is 40.9 Å². The van der Waals surface area contributed by atoms with E-state index in [0.29, 0.717) is 6.54 Å². The van der Waals surface area contributed by atoms with Gasteiger partial charge in [0.25, 0.3) is 0 Å². The van der Waals surface area contributed by atoms with Crippen LogP contribution in [0.4, 0.5) is 9.52 Å². The number of hydrogen-bond acceptors (Lipinski definition) is 4. The quantitative estimate of drug-likeness (QED) is 0.847. The van der Waals surface area contributed by atoms with Gasteiger partial charge < -0.3 is 4.90 Å². The molecule has 0 spiro atoms. The molecule has 3 nitrogen and oxygen atoms in total. The average molecular weight is 258 g/mol. The van der Waals surface area contributed by atoms with E-state index in [2.05, 4.69) is 9.36 Å². The first kappa shape index (κ1) is 11.3. The zero-order valence-corrected chi connectivity index (χ0v) is 10.1. The van der Waals surface area contributed by atoms with Gasteiger partial charge in [-0.15, -0.1) is 0 Å². The molecule has 0 saturated carbocycles. The average Bonchev–Trinajstić information content (AvgIpc) is 2.77. The fourth-order valence-electron chi connectivity index (χ4n) is 1.31. The molecule has 2 rings (SSSR count). The number of nitrogens with zero attached hydrogens (tertiary/aromatic N) is 3. The summed E-state index contributed by atoms with van der Waals surface area (Å²) in [5, 5.41) is 0.942.